The fourth-order valence-electron chi connectivity index (χ4n) is 3.32. The van der Waals surface area contributed by atoms with E-state index in [9.17, 15) is 4.79 Å². The van der Waals surface area contributed by atoms with E-state index >= 15 is 0 Å². The van der Waals surface area contributed by atoms with E-state index in [0.717, 1.165) is 32.6 Å². The SMILES string of the molecule is O=C([CH]CC1CCN(c2ccncc2)CC1)N1CCCC1. The molecule has 0 aromatic carbocycles. The van der Waals surface area contributed by atoms with Crippen LogP contribution in [-0.4, -0.2) is 42.0 Å². The highest BCUT2D eigenvalue weighted by molar-refractivity contribution is 5.84. The number of anilines is 1. The number of pyridine rings is 1. The van der Waals surface area contributed by atoms with Crippen molar-refractivity contribution in [3.05, 3.63) is 30.9 Å². The monoisotopic (exact) mass is 286 g/mol. The van der Waals surface area contributed by atoms with E-state index in [1.54, 1.807) is 0 Å². The predicted molar refractivity (Wildman–Crippen MR) is 83.9 cm³/mol. The minimum Gasteiger partial charge on any atom is -0.371 e. The molecule has 4 heteroatoms. The summed E-state index contributed by atoms with van der Waals surface area (Å²) >= 11 is 0. The van der Waals surface area contributed by atoms with E-state index in [1.165, 1.54) is 31.4 Å². The fourth-order valence-corrected chi connectivity index (χ4v) is 3.32. The van der Waals surface area contributed by atoms with Crippen LogP contribution in [0.25, 0.3) is 0 Å². The Morgan fingerprint density at radius 3 is 2.48 bits per heavy atom. The Morgan fingerprint density at radius 2 is 1.81 bits per heavy atom. The first-order chi connectivity index (χ1) is 10.3. The molecule has 0 spiro atoms. The second kappa shape index (κ2) is 6.92. The third kappa shape index (κ3) is 3.74. The molecule has 0 atom stereocenters. The molecule has 2 aliphatic rings. The molecule has 2 aliphatic heterocycles. The van der Waals surface area contributed by atoms with Crippen molar-refractivity contribution in [2.75, 3.05) is 31.1 Å². The summed E-state index contributed by atoms with van der Waals surface area (Å²) < 4.78 is 0. The summed E-state index contributed by atoms with van der Waals surface area (Å²) in [4.78, 5) is 20.5. The van der Waals surface area contributed by atoms with E-state index in [0.29, 0.717) is 5.92 Å². The van der Waals surface area contributed by atoms with Crippen molar-refractivity contribution in [1.29, 1.82) is 0 Å². The van der Waals surface area contributed by atoms with Crippen LogP contribution in [0.4, 0.5) is 5.69 Å². The maximum absolute atomic E-state index is 12.0. The average molecular weight is 286 g/mol. The van der Waals surface area contributed by atoms with Crippen LogP contribution in [0, 0.1) is 12.3 Å². The summed E-state index contributed by atoms with van der Waals surface area (Å²) in [7, 11) is 0. The summed E-state index contributed by atoms with van der Waals surface area (Å²) in [6.45, 7) is 4.08. The molecule has 3 rings (SSSR count). The highest BCUT2D eigenvalue weighted by atomic mass is 16.2. The van der Waals surface area contributed by atoms with E-state index < -0.39 is 0 Å². The van der Waals surface area contributed by atoms with Gasteiger partial charge in [0.25, 0.3) is 0 Å². The normalized spacial score (nSPS) is 20.0. The largest absolute Gasteiger partial charge is 0.371 e. The maximum Gasteiger partial charge on any atom is 0.226 e. The number of amides is 1. The molecule has 0 N–H and O–H groups in total. The summed E-state index contributed by atoms with van der Waals surface area (Å²) in [5.74, 6) is 0.915. The van der Waals surface area contributed by atoms with Crippen LogP contribution in [0.5, 0.6) is 0 Å². The average Bonchev–Trinajstić information content (AvgIpc) is 3.08. The van der Waals surface area contributed by atoms with Gasteiger partial charge in [0.1, 0.15) is 0 Å². The number of carbonyl (C=O) groups is 1. The van der Waals surface area contributed by atoms with Crippen LogP contribution in [0.15, 0.2) is 24.5 Å². The van der Waals surface area contributed by atoms with Crippen molar-refractivity contribution < 1.29 is 4.79 Å². The second-order valence-electron chi connectivity index (χ2n) is 6.11. The number of aromatic nitrogens is 1. The summed E-state index contributed by atoms with van der Waals surface area (Å²) in [5, 5.41) is 0. The van der Waals surface area contributed by atoms with Crippen molar-refractivity contribution in [2.45, 2.75) is 32.1 Å². The molecule has 0 saturated carbocycles. The molecular formula is C17H24N3O. The molecule has 1 aromatic heterocycles. The Labute approximate surface area is 127 Å². The first-order valence-corrected chi connectivity index (χ1v) is 8.10. The van der Waals surface area contributed by atoms with Gasteiger partial charge >= 0.3 is 0 Å². The molecule has 1 aromatic rings. The van der Waals surface area contributed by atoms with Gasteiger partial charge in [-0.25, -0.2) is 0 Å². The number of hydrogen-bond acceptors (Lipinski definition) is 3. The number of carbonyl (C=O) groups excluding carboxylic acids is 1. The predicted octanol–water partition coefficient (Wildman–Crippen LogP) is 2.51. The van der Waals surface area contributed by atoms with Gasteiger partial charge in [-0.05, 0) is 50.2 Å². The van der Waals surface area contributed by atoms with Gasteiger partial charge in [0.15, 0.2) is 0 Å². The van der Waals surface area contributed by atoms with Crippen molar-refractivity contribution in [2.24, 2.45) is 5.92 Å². The third-order valence-electron chi connectivity index (χ3n) is 4.69. The van der Waals surface area contributed by atoms with Gasteiger partial charge in [0, 0.05) is 50.7 Å². The smallest absolute Gasteiger partial charge is 0.226 e. The van der Waals surface area contributed by atoms with Gasteiger partial charge in [-0.3, -0.25) is 9.78 Å². The molecule has 4 nitrogen and oxygen atoms in total. The first kappa shape index (κ1) is 14.4. The van der Waals surface area contributed by atoms with Gasteiger partial charge in [0.05, 0.1) is 0 Å². The molecular weight excluding hydrogens is 262 g/mol. The molecule has 3 heterocycles. The number of piperidine rings is 1. The molecule has 0 bridgehead atoms. The van der Waals surface area contributed by atoms with Crippen LogP contribution in [0.3, 0.4) is 0 Å². The van der Waals surface area contributed by atoms with Crippen molar-refractivity contribution in [3.8, 4) is 0 Å². The van der Waals surface area contributed by atoms with Crippen molar-refractivity contribution in [1.82, 2.24) is 9.88 Å². The lowest BCUT2D eigenvalue weighted by Gasteiger charge is -2.33. The van der Waals surface area contributed by atoms with E-state index in [-0.39, 0.29) is 5.91 Å². The van der Waals surface area contributed by atoms with Gasteiger partial charge in [0.2, 0.25) is 5.91 Å². The Kier molecular flexibility index (Phi) is 4.73. The Morgan fingerprint density at radius 1 is 1.14 bits per heavy atom. The maximum atomic E-state index is 12.0. The molecule has 21 heavy (non-hydrogen) atoms. The Balaban J connectivity index is 1.40. The Bertz CT molecular complexity index is 448. The lowest BCUT2D eigenvalue weighted by atomic mass is 9.91. The quantitative estimate of drug-likeness (QED) is 0.853. The number of likely N-dealkylation sites (tertiary alicyclic amines) is 1. The zero-order valence-corrected chi connectivity index (χ0v) is 12.6. The molecule has 1 radical (unpaired) electrons. The lowest BCUT2D eigenvalue weighted by Crippen LogP contribution is -2.34. The van der Waals surface area contributed by atoms with Crippen LogP contribution in [0.2, 0.25) is 0 Å². The van der Waals surface area contributed by atoms with Crippen molar-refractivity contribution in [3.63, 3.8) is 0 Å². The minimum absolute atomic E-state index is 0.254. The molecule has 2 saturated heterocycles. The first-order valence-electron chi connectivity index (χ1n) is 8.10. The standard InChI is InChI=1S/C17H24N3O/c21-17(20-11-1-2-12-20)4-3-15-7-13-19(14-8-15)16-5-9-18-10-6-16/h4-6,9-10,15H,1-3,7-8,11-14H2. The van der Waals surface area contributed by atoms with E-state index in [1.807, 2.05) is 23.7 Å². The fraction of sp³-hybridized carbons (Fsp3) is 0.588. The van der Waals surface area contributed by atoms with Crippen LogP contribution < -0.4 is 4.90 Å². The zero-order chi connectivity index (χ0) is 14.5. The van der Waals surface area contributed by atoms with Crippen LogP contribution in [0.1, 0.15) is 32.1 Å². The van der Waals surface area contributed by atoms with E-state index in [4.69, 9.17) is 0 Å². The van der Waals surface area contributed by atoms with Crippen LogP contribution >= 0.6 is 0 Å². The van der Waals surface area contributed by atoms with Gasteiger partial charge in [-0.2, -0.15) is 0 Å². The van der Waals surface area contributed by atoms with Gasteiger partial charge < -0.3 is 9.80 Å². The van der Waals surface area contributed by atoms with Gasteiger partial charge in [-0.1, -0.05) is 0 Å². The number of hydrogen-bond donors (Lipinski definition) is 0. The highest BCUT2D eigenvalue weighted by Crippen LogP contribution is 2.25. The topological polar surface area (TPSA) is 36.4 Å². The molecule has 0 aliphatic carbocycles. The van der Waals surface area contributed by atoms with E-state index in [2.05, 4.69) is 22.0 Å². The van der Waals surface area contributed by atoms with Crippen molar-refractivity contribution >= 4 is 11.6 Å². The minimum atomic E-state index is 0.254. The number of nitrogens with zero attached hydrogens (tertiary/aromatic N) is 3. The lowest BCUT2D eigenvalue weighted by molar-refractivity contribution is -0.126. The number of rotatable bonds is 4. The molecule has 1 amide bonds. The second-order valence-corrected chi connectivity index (χ2v) is 6.11. The van der Waals surface area contributed by atoms with Gasteiger partial charge in [-0.15, -0.1) is 0 Å². The zero-order valence-electron chi connectivity index (χ0n) is 12.6. The summed E-state index contributed by atoms with van der Waals surface area (Å²) in [5.41, 5.74) is 1.26. The summed E-state index contributed by atoms with van der Waals surface area (Å²) in [6.07, 6.45) is 11.3. The molecule has 0 unspecified atom stereocenters. The third-order valence-corrected chi connectivity index (χ3v) is 4.69. The van der Waals surface area contributed by atoms with Crippen LogP contribution in [-0.2, 0) is 4.79 Å². The summed E-state index contributed by atoms with van der Waals surface area (Å²) in [6, 6.07) is 4.15. The molecule has 113 valence electrons. The highest BCUT2D eigenvalue weighted by Gasteiger charge is 2.22. The Hall–Kier alpha value is -1.58. The molecule has 2 fully saturated rings.